The minimum atomic E-state index is -5.21. The van der Waals surface area contributed by atoms with Gasteiger partial charge < -0.3 is 10.1 Å². The van der Waals surface area contributed by atoms with Gasteiger partial charge in [-0.25, -0.2) is 0 Å². The number of benzene rings is 1. The van der Waals surface area contributed by atoms with Gasteiger partial charge in [-0.15, -0.1) is 0 Å². The van der Waals surface area contributed by atoms with Gasteiger partial charge in [0.25, 0.3) is 5.91 Å². The van der Waals surface area contributed by atoms with Gasteiger partial charge >= 0.3 is 18.3 Å². The van der Waals surface area contributed by atoms with E-state index < -0.39 is 46.5 Å². The van der Waals surface area contributed by atoms with Gasteiger partial charge in [0.1, 0.15) is 5.69 Å². The lowest BCUT2D eigenvalue weighted by molar-refractivity contribution is -0.144. The van der Waals surface area contributed by atoms with Gasteiger partial charge in [0, 0.05) is 23.9 Å². The zero-order chi connectivity index (χ0) is 24.1. The van der Waals surface area contributed by atoms with E-state index in [2.05, 4.69) is 15.0 Å². The standard InChI is InChI=1S/C20H16F6N2O4/c1-2-32-17(30)5-6-27-18(31)16-4-3-11(9-28-16)13-7-12(19(21,22)23)8-15(14(13)10-29)20(24,25)26/h3-4,7-10H,2,5-6H2,1H3,(H,27,31). The van der Waals surface area contributed by atoms with Gasteiger partial charge in [0.2, 0.25) is 0 Å². The molecular formula is C20H16F6N2O4. The average Bonchev–Trinajstić information content (AvgIpc) is 2.71. The molecule has 0 atom stereocenters. The molecule has 2 rings (SSSR count). The molecule has 172 valence electrons. The number of hydrogen-bond donors (Lipinski definition) is 1. The number of rotatable bonds is 7. The van der Waals surface area contributed by atoms with Gasteiger partial charge in [-0.3, -0.25) is 19.4 Å². The van der Waals surface area contributed by atoms with E-state index >= 15 is 0 Å². The maximum absolute atomic E-state index is 13.3. The van der Waals surface area contributed by atoms with Gasteiger partial charge in [-0.2, -0.15) is 26.3 Å². The predicted molar refractivity (Wildman–Crippen MR) is 98.6 cm³/mol. The van der Waals surface area contributed by atoms with Gasteiger partial charge in [-0.05, 0) is 30.7 Å². The Morgan fingerprint density at radius 3 is 2.28 bits per heavy atom. The van der Waals surface area contributed by atoms with Crippen molar-refractivity contribution in [3.8, 4) is 11.1 Å². The highest BCUT2D eigenvalue weighted by atomic mass is 19.4. The molecule has 0 bridgehead atoms. The highest BCUT2D eigenvalue weighted by Gasteiger charge is 2.39. The van der Waals surface area contributed by atoms with Crippen LogP contribution >= 0.6 is 0 Å². The lowest BCUT2D eigenvalue weighted by Crippen LogP contribution is -2.27. The number of amides is 1. The maximum atomic E-state index is 13.3. The average molecular weight is 462 g/mol. The minimum Gasteiger partial charge on any atom is -0.466 e. The largest absolute Gasteiger partial charge is 0.466 e. The third kappa shape index (κ3) is 6.05. The molecular weight excluding hydrogens is 446 g/mol. The van der Waals surface area contributed by atoms with Crippen molar-refractivity contribution in [2.45, 2.75) is 25.7 Å². The normalized spacial score (nSPS) is 11.7. The highest BCUT2D eigenvalue weighted by Crippen LogP contribution is 2.41. The first-order valence-electron chi connectivity index (χ1n) is 9.06. The Kier molecular flexibility index (Phi) is 7.60. The number of alkyl halides is 6. The fourth-order valence-electron chi connectivity index (χ4n) is 2.71. The van der Waals surface area contributed by atoms with Crippen molar-refractivity contribution in [3.63, 3.8) is 0 Å². The number of nitrogens with zero attached hydrogens (tertiary/aromatic N) is 1. The van der Waals surface area contributed by atoms with Crippen molar-refractivity contribution in [2.75, 3.05) is 13.2 Å². The van der Waals surface area contributed by atoms with Crippen molar-refractivity contribution >= 4 is 18.2 Å². The molecule has 0 aliphatic rings. The molecule has 0 unspecified atom stereocenters. The first-order valence-corrected chi connectivity index (χ1v) is 9.06. The summed E-state index contributed by atoms with van der Waals surface area (Å²) in [6.45, 7) is 1.71. The quantitative estimate of drug-likeness (QED) is 0.377. The summed E-state index contributed by atoms with van der Waals surface area (Å²) < 4.78 is 83.9. The molecule has 0 radical (unpaired) electrons. The van der Waals surface area contributed by atoms with E-state index in [4.69, 9.17) is 0 Å². The van der Waals surface area contributed by atoms with Crippen molar-refractivity contribution in [3.05, 3.63) is 52.8 Å². The first kappa shape index (κ1) is 24.8. The number of ether oxygens (including phenoxy) is 1. The zero-order valence-electron chi connectivity index (χ0n) is 16.4. The molecule has 2 aromatic rings. The van der Waals surface area contributed by atoms with E-state index in [0.717, 1.165) is 18.3 Å². The number of nitrogens with one attached hydrogen (secondary N) is 1. The van der Waals surface area contributed by atoms with E-state index in [1.165, 1.54) is 0 Å². The molecule has 0 aliphatic carbocycles. The van der Waals surface area contributed by atoms with E-state index in [1.54, 1.807) is 6.92 Å². The molecule has 1 heterocycles. The van der Waals surface area contributed by atoms with E-state index in [-0.39, 0.29) is 43.2 Å². The summed E-state index contributed by atoms with van der Waals surface area (Å²) in [5.41, 5.74) is -5.38. The van der Waals surface area contributed by atoms with Crippen LogP contribution in [0, 0.1) is 0 Å². The van der Waals surface area contributed by atoms with E-state index in [9.17, 15) is 40.7 Å². The fourth-order valence-corrected chi connectivity index (χ4v) is 2.71. The summed E-state index contributed by atoms with van der Waals surface area (Å²) in [6.07, 6.45) is -9.72. The monoisotopic (exact) mass is 462 g/mol. The van der Waals surface area contributed by atoms with Crippen LogP contribution in [0.15, 0.2) is 30.5 Å². The van der Waals surface area contributed by atoms with Crippen LogP contribution in [-0.4, -0.2) is 36.3 Å². The summed E-state index contributed by atoms with van der Waals surface area (Å²) in [5.74, 6) is -1.26. The Labute approximate surface area is 177 Å². The summed E-state index contributed by atoms with van der Waals surface area (Å²) in [4.78, 5) is 38.4. The Morgan fingerprint density at radius 2 is 1.78 bits per heavy atom. The number of carbonyl (C=O) groups is 3. The molecule has 12 heteroatoms. The third-order valence-electron chi connectivity index (χ3n) is 4.16. The summed E-state index contributed by atoms with van der Waals surface area (Å²) in [7, 11) is 0. The Hall–Kier alpha value is -3.44. The third-order valence-corrected chi connectivity index (χ3v) is 4.16. The molecule has 32 heavy (non-hydrogen) atoms. The SMILES string of the molecule is CCOC(=O)CCNC(=O)c1ccc(-c2cc(C(F)(F)F)cc(C(F)(F)F)c2C=O)cn1. The Bertz CT molecular complexity index is 1000. The molecule has 0 fully saturated rings. The summed E-state index contributed by atoms with van der Waals surface area (Å²) in [5, 5.41) is 2.37. The number of halogens is 6. The van der Waals surface area contributed by atoms with E-state index in [1.807, 2.05) is 0 Å². The number of pyridine rings is 1. The van der Waals surface area contributed by atoms with Crippen molar-refractivity contribution in [1.29, 1.82) is 0 Å². The van der Waals surface area contributed by atoms with Crippen LogP contribution in [0.5, 0.6) is 0 Å². The molecule has 6 nitrogen and oxygen atoms in total. The molecule has 0 aliphatic heterocycles. The molecule has 1 aromatic carbocycles. The summed E-state index contributed by atoms with van der Waals surface area (Å²) >= 11 is 0. The van der Waals surface area contributed by atoms with Crippen molar-refractivity contribution in [2.24, 2.45) is 0 Å². The van der Waals surface area contributed by atoms with Crippen LogP contribution in [0.25, 0.3) is 11.1 Å². The number of carbonyl (C=O) groups excluding carboxylic acids is 3. The second kappa shape index (κ2) is 9.79. The van der Waals surface area contributed by atoms with Crippen molar-refractivity contribution in [1.82, 2.24) is 10.3 Å². The number of esters is 1. The highest BCUT2D eigenvalue weighted by molar-refractivity contribution is 5.94. The maximum Gasteiger partial charge on any atom is 0.417 e. The molecule has 0 saturated carbocycles. The van der Waals surface area contributed by atoms with Gasteiger partial charge in [0.05, 0.1) is 24.2 Å². The second-order valence-electron chi connectivity index (χ2n) is 6.34. The second-order valence-corrected chi connectivity index (χ2v) is 6.34. The topological polar surface area (TPSA) is 85.4 Å². The van der Waals surface area contributed by atoms with Crippen LogP contribution in [0.2, 0.25) is 0 Å². The summed E-state index contributed by atoms with van der Waals surface area (Å²) in [6, 6.07) is 2.41. The first-order chi connectivity index (χ1) is 14.9. The Morgan fingerprint density at radius 1 is 1.09 bits per heavy atom. The van der Waals surface area contributed by atoms with Gasteiger partial charge in [0.15, 0.2) is 6.29 Å². The molecule has 1 aromatic heterocycles. The molecule has 1 amide bonds. The predicted octanol–water partition coefficient (Wildman–Crippen LogP) is 4.28. The van der Waals surface area contributed by atoms with Gasteiger partial charge in [-0.1, -0.05) is 6.07 Å². The zero-order valence-corrected chi connectivity index (χ0v) is 16.4. The smallest absolute Gasteiger partial charge is 0.417 e. The van der Waals surface area contributed by atoms with Crippen LogP contribution < -0.4 is 5.32 Å². The fraction of sp³-hybridized carbons (Fsp3) is 0.300. The van der Waals surface area contributed by atoms with E-state index in [0.29, 0.717) is 6.07 Å². The van der Waals surface area contributed by atoms with Crippen LogP contribution in [0.3, 0.4) is 0 Å². The lowest BCUT2D eigenvalue weighted by Gasteiger charge is -2.17. The minimum absolute atomic E-state index is 0.0705. The number of aromatic nitrogens is 1. The molecule has 0 spiro atoms. The van der Waals surface area contributed by atoms with Crippen LogP contribution in [-0.2, 0) is 21.9 Å². The van der Waals surface area contributed by atoms with Crippen molar-refractivity contribution < 1.29 is 45.5 Å². The van der Waals surface area contributed by atoms with Crippen LogP contribution in [0.1, 0.15) is 45.3 Å². The number of hydrogen-bond acceptors (Lipinski definition) is 5. The lowest BCUT2D eigenvalue weighted by atomic mass is 9.93. The molecule has 0 saturated heterocycles. The van der Waals surface area contributed by atoms with Crippen LogP contribution in [0.4, 0.5) is 26.3 Å². The number of aldehydes is 1. The molecule has 1 N–H and O–H groups in total. The Balaban J connectivity index is 2.36.